The Morgan fingerprint density at radius 1 is 0.875 bits per heavy atom. The van der Waals surface area contributed by atoms with Crippen molar-refractivity contribution in [3.8, 4) is 0 Å². The molecule has 0 aliphatic carbocycles. The largest absolute Gasteiger partial charge is 0.459 e. The number of aryl methyl sites for hydroxylation is 1. The van der Waals surface area contributed by atoms with Crippen LogP contribution in [-0.2, 0) is 4.79 Å². The van der Waals surface area contributed by atoms with Gasteiger partial charge in [0.05, 0.1) is 17.6 Å². The summed E-state index contributed by atoms with van der Waals surface area (Å²) in [6.45, 7) is 7.29. The lowest BCUT2D eigenvalue weighted by Gasteiger charge is -2.38. The van der Waals surface area contributed by atoms with Gasteiger partial charge in [-0.3, -0.25) is 14.4 Å². The van der Waals surface area contributed by atoms with Gasteiger partial charge in [-0.2, -0.15) is 0 Å². The van der Waals surface area contributed by atoms with Crippen molar-refractivity contribution in [3.05, 3.63) is 77.7 Å². The van der Waals surface area contributed by atoms with E-state index in [1.807, 2.05) is 11.0 Å². The molecule has 0 atom stereocenters. The second-order valence-corrected chi connectivity index (χ2v) is 10.4. The van der Waals surface area contributed by atoms with E-state index in [-0.39, 0.29) is 23.5 Å². The van der Waals surface area contributed by atoms with E-state index in [9.17, 15) is 14.4 Å². The highest BCUT2D eigenvalue weighted by molar-refractivity contribution is 6.05. The van der Waals surface area contributed by atoms with E-state index in [0.29, 0.717) is 37.2 Å². The summed E-state index contributed by atoms with van der Waals surface area (Å²) in [5.74, 6) is -0.176. The number of hydrogen-bond acceptors (Lipinski definition) is 6. The summed E-state index contributed by atoms with van der Waals surface area (Å²) in [5, 5.41) is 5.92. The molecule has 2 aliphatic rings. The molecular weight excluding hydrogens is 506 g/mol. The third kappa shape index (κ3) is 6.47. The first kappa shape index (κ1) is 27.3. The zero-order chi connectivity index (χ0) is 27.9. The van der Waals surface area contributed by atoms with Crippen LogP contribution in [0, 0.1) is 6.92 Å². The highest BCUT2D eigenvalue weighted by Gasteiger charge is 2.23. The Morgan fingerprint density at radius 2 is 1.65 bits per heavy atom. The van der Waals surface area contributed by atoms with E-state index < -0.39 is 0 Å². The molecule has 0 spiro atoms. The van der Waals surface area contributed by atoms with Crippen molar-refractivity contribution in [1.82, 2.24) is 10.2 Å². The van der Waals surface area contributed by atoms with Crippen molar-refractivity contribution < 1.29 is 18.8 Å². The Labute approximate surface area is 235 Å². The van der Waals surface area contributed by atoms with Crippen molar-refractivity contribution in [2.75, 3.05) is 60.9 Å². The third-order valence-electron chi connectivity index (χ3n) is 7.64. The summed E-state index contributed by atoms with van der Waals surface area (Å²) in [5.41, 5.74) is 4.39. The smallest absolute Gasteiger partial charge is 0.291 e. The fourth-order valence-corrected chi connectivity index (χ4v) is 5.42. The fourth-order valence-electron chi connectivity index (χ4n) is 5.42. The number of piperidine rings is 1. The van der Waals surface area contributed by atoms with Crippen LogP contribution in [0.25, 0.3) is 0 Å². The first-order chi connectivity index (χ1) is 19.5. The molecule has 210 valence electrons. The number of carbonyl (C=O) groups excluding carboxylic acids is 3. The Hall–Kier alpha value is -4.27. The van der Waals surface area contributed by atoms with Crippen molar-refractivity contribution in [2.45, 2.75) is 32.6 Å². The molecule has 0 bridgehead atoms. The van der Waals surface area contributed by atoms with Crippen LogP contribution in [0.3, 0.4) is 0 Å². The van der Waals surface area contributed by atoms with Crippen LogP contribution in [0.5, 0.6) is 0 Å². The minimum atomic E-state index is -0.367. The van der Waals surface area contributed by atoms with E-state index in [1.54, 1.807) is 24.3 Å². The van der Waals surface area contributed by atoms with Gasteiger partial charge in [-0.25, -0.2) is 0 Å². The van der Waals surface area contributed by atoms with Gasteiger partial charge in [0, 0.05) is 63.5 Å². The molecule has 2 aromatic carbocycles. The second-order valence-electron chi connectivity index (χ2n) is 10.4. The quantitative estimate of drug-likeness (QED) is 0.391. The maximum atomic E-state index is 13.0. The van der Waals surface area contributed by atoms with Gasteiger partial charge >= 0.3 is 0 Å². The van der Waals surface area contributed by atoms with Crippen molar-refractivity contribution >= 4 is 34.8 Å². The fraction of sp³-hybridized carbons (Fsp3) is 0.387. The zero-order valence-corrected chi connectivity index (χ0v) is 23.0. The molecule has 0 unspecified atom stereocenters. The molecule has 3 amide bonds. The van der Waals surface area contributed by atoms with E-state index >= 15 is 0 Å². The maximum absolute atomic E-state index is 13.0. The zero-order valence-electron chi connectivity index (χ0n) is 23.0. The first-order valence-electron chi connectivity index (χ1n) is 14.1. The van der Waals surface area contributed by atoms with E-state index in [4.69, 9.17) is 4.42 Å². The number of nitrogens with one attached hydrogen (secondary N) is 2. The van der Waals surface area contributed by atoms with Crippen LogP contribution in [0.4, 0.5) is 17.1 Å². The molecule has 2 saturated heterocycles. The molecule has 40 heavy (non-hydrogen) atoms. The van der Waals surface area contributed by atoms with Crippen LogP contribution in [0.2, 0.25) is 0 Å². The molecule has 5 rings (SSSR count). The van der Waals surface area contributed by atoms with Gasteiger partial charge in [0.25, 0.3) is 11.8 Å². The van der Waals surface area contributed by atoms with Crippen molar-refractivity contribution in [2.24, 2.45) is 0 Å². The summed E-state index contributed by atoms with van der Waals surface area (Å²) in [4.78, 5) is 44.4. The van der Waals surface area contributed by atoms with Crippen molar-refractivity contribution in [3.63, 3.8) is 0 Å². The van der Waals surface area contributed by atoms with Crippen LogP contribution in [0.1, 0.15) is 52.2 Å². The lowest BCUT2D eigenvalue weighted by molar-refractivity contribution is -0.133. The minimum Gasteiger partial charge on any atom is -0.459 e. The van der Waals surface area contributed by atoms with Gasteiger partial charge in [0.1, 0.15) is 0 Å². The summed E-state index contributed by atoms with van der Waals surface area (Å²) in [7, 11) is 0. The monoisotopic (exact) mass is 543 g/mol. The minimum absolute atomic E-state index is 0.199. The predicted octanol–water partition coefficient (Wildman–Crippen LogP) is 4.30. The van der Waals surface area contributed by atoms with Gasteiger partial charge in [-0.05, 0) is 68.1 Å². The number of nitrogens with zero attached hydrogens (tertiary/aromatic N) is 3. The molecule has 3 aromatic rings. The van der Waals surface area contributed by atoms with Gasteiger partial charge in [-0.1, -0.05) is 18.2 Å². The van der Waals surface area contributed by atoms with Crippen LogP contribution in [0.15, 0.2) is 65.3 Å². The Morgan fingerprint density at radius 3 is 2.38 bits per heavy atom. The second kappa shape index (κ2) is 12.7. The Bertz CT molecular complexity index is 1330. The maximum Gasteiger partial charge on any atom is 0.291 e. The van der Waals surface area contributed by atoms with Gasteiger partial charge in [0.15, 0.2) is 5.76 Å². The van der Waals surface area contributed by atoms with E-state index in [1.165, 1.54) is 17.5 Å². The lowest BCUT2D eigenvalue weighted by Crippen LogP contribution is -2.47. The van der Waals surface area contributed by atoms with Crippen LogP contribution >= 0.6 is 0 Å². The number of anilines is 3. The van der Waals surface area contributed by atoms with E-state index in [2.05, 4.69) is 51.6 Å². The number of hydrogen-bond donors (Lipinski definition) is 2. The lowest BCUT2D eigenvalue weighted by atomic mass is 10.1. The number of amides is 3. The summed E-state index contributed by atoms with van der Waals surface area (Å²) < 4.78 is 5.29. The predicted molar refractivity (Wildman–Crippen MR) is 156 cm³/mol. The SMILES string of the molecule is Cc1ccccc1N1CCN(c2ccc(C(=O)NCCCN3CCCCC3=O)cc2NC(=O)c2ccco2)CC1. The standard InChI is InChI=1S/C31H37N5O4/c1-23-8-2-3-9-26(23)34-17-19-35(20-18-34)27-13-12-24(22-25(27)33-31(39)28-10-6-21-40-28)30(38)32-14-7-16-36-15-5-4-11-29(36)37/h2-3,6,8-10,12-13,21-22H,4-5,7,11,14-20H2,1H3,(H,32,38)(H,33,39). The molecule has 9 nitrogen and oxygen atoms in total. The highest BCUT2D eigenvalue weighted by Crippen LogP contribution is 2.30. The van der Waals surface area contributed by atoms with Gasteiger partial charge in [0.2, 0.25) is 5.91 Å². The van der Waals surface area contributed by atoms with Gasteiger partial charge < -0.3 is 29.8 Å². The summed E-state index contributed by atoms with van der Waals surface area (Å²) in [6.07, 6.45) is 4.78. The van der Waals surface area contributed by atoms with Crippen molar-refractivity contribution in [1.29, 1.82) is 0 Å². The molecule has 1 aromatic heterocycles. The third-order valence-corrected chi connectivity index (χ3v) is 7.64. The van der Waals surface area contributed by atoms with E-state index in [0.717, 1.165) is 51.3 Å². The number of piperazine rings is 1. The number of likely N-dealkylation sites (tertiary alicyclic amines) is 1. The Balaban J connectivity index is 1.26. The number of para-hydroxylation sites is 1. The molecule has 0 radical (unpaired) electrons. The highest BCUT2D eigenvalue weighted by atomic mass is 16.3. The molecule has 9 heteroatoms. The topological polar surface area (TPSA) is 98.1 Å². The number of furan rings is 1. The first-order valence-corrected chi connectivity index (χ1v) is 14.1. The molecule has 2 aliphatic heterocycles. The molecular formula is C31H37N5O4. The number of rotatable bonds is 9. The van der Waals surface area contributed by atoms with Gasteiger partial charge in [-0.15, -0.1) is 0 Å². The normalized spacial score (nSPS) is 15.7. The van der Waals surface area contributed by atoms with Crippen LogP contribution in [-0.4, -0.2) is 68.4 Å². The van der Waals surface area contributed by atoms with Crippen LogP contribution < -0.4 is 20.4 Å². The number of benzene rings is 2. The number of carbonyl (C=O) groups is 3. The average molecular weight is 544 g/mol. The molecule has 2 fully saturated rings. The molecule has 0 saturated carbocycles. The average Bonchev–Trinajstić information content (AvgIpc) is 3.52. The summed E-state index contributed by atoms with van der Waals surface area (Å²) in [6, 6.07) is 17.1. The molecule has 3 heterocycles. The Kier molecular flexibility index (Phi) is 8.68. The molecule has 2 N–H and O–H groups in total. The summed E-state index contributed by atoms with van der Waals surface area (Å²) >= 11 is 0.